The van der Waals surface area contributed by atoms with E-state index in [0.717, 1.165) is 29.6 Å². The number of aromatic nitrogens is 5. The lowest BCUT2D eigenvalue weighted by Crippen LogP contribution is -2.42. The fraction of sp³-hybridized carbons (Fsp3) is 0.529. The molecule has 0 saturated carbocycles. The van der Waals surface area contributed by atoms with Crippen LogP contribution in [0, 0.1) is 6.92 Å². The van der Waals surface area contributed by atoms with E-state index in [9.17, 15) is 14.4 Å². The Morgan fingerprint density at radius 2 is 2.00 bits per heavy atom. The molecule has 0 saturated heterocycles. The number of ketones is 1. The molecule has 0 aliphatic heterocycles. The second-order valence-corrected chi connectivity index (χ2v) is 6.53. The van der Waals surface area contributed by atoms with E-state index in [1.165, 1.54) is 11.5 Å². The molecule has 3 rings (SSSR count). The van der Waals surface area contributed by atoms with Crippen LogP contribution in [-0.2, 0) is 18.4 Å². The zero-order valence-electron chi connectivity index (χ0n) is 15.2. The molecule has 0 aliphatic carbocycles. The Bertz CT molecular complexity index is 1100. The fourth-order valence-electron chi connectivity index (χ4n) is 3.14. The molecule has 0 N–H and O–H groups in total. The van der Waals surface area contributed by atoms with Crippen LogP contribution in [0.15, 0.2) is 15.8 Å². The van der Waals surface area contributed by atoms with Gasteiger partial charge in [0.15, 0.2) is 16.9 Å². The lowest BCUT2D eigenvalue weighted by atomic mass is 10.2. The van der Waals surface area contributed by atoms with Crippen molar-refractivity contribution in [3.8, 4) is 0 Å². The maximum absolute atomic E-state index is 13.0. The maximum Gasteiger partial charge on any atom is 0.333 e. The SMILES string of the molecule is CCCCn1c(C)cn2c3c(=O)n([C@@H](C)C(C)=O)c(=O)n(C)c3nc12. The van der Waals surface area contributed by atoms with E-state index in [0.29, 0.717) is 16.9 Å². The van der Waals surface area contributed by atoms with E-state index in [4.69, 9.17) is 0 Å². The molecular weight excluding hydrogens is 322 g/mol. The number of fused-ring (bicyclic) bond motifs is 3. The van der Waals surface area contributed by atoms with Gasteiger partial charge < -0.3 is 4.57 Å². The Morgan fingerprint density at radius 1 is 1.32 bits per heavy atom. The van der Waals surface area contributed by atoms with Crippen LogP contribution in [0.25, 0.3) is 16.9 Å². The number of imidazole rings is 2. The van der Waals surface area contributed by atoms with E-state index in [-0.39, 0.29) is 5.78 Å². The molecule has 3 aromatic rings. The Balaban J connectivity index is 2.42. The van der Waals surface area contributed by atoms with Gasteiger partial charge in [-0.25, -0.2) is 9.36 Å². The number of nitrogens with zero attached hydrogens (tertiary/aromatic N) is 5. The number of carbonyl (C=O) groups is 1. The standard InChI is InChI=1S/C17H23N5O3/c1-6-7-8-20-10(2)9-21-13-14(18-16(20)21)19(5)17(25)22(15(13)24)11(3)12(4)23/h9,11H,6-8H2,1-5H3/t11-/m0/s1. The van der Waals surface area contributed by atoms with Gasteiger partial charge in [0.25, 0.3) is 5.56 Å². The molecule has 0 fully saturated rings. The molecule has 0 bridgehead atoms. The van der Waals surface area contributed by atoms with Crippen molar-refractivity contribution in [3.63, 3.8) is 0 Å². The van der Waals surface area contributed by atoms with Crippen molar-refractivity contribution in [2.24, 2.45) is 7.05 Å². The monoisotopic (exact) mass is 345 g/mol. The highest BCUT2D eigenvalue weighted by atomic mass is 16.2. The van der Waals surface area contributed by atoms with E-state index in [1.807, 2.05) is 17.7 Å². The molecule has 0 unspecified atom stereocenters. The summed E-state index contributed by atoms with van der Waals surface area (Å²) in [5.74, 6) is 0.400. The third-order valence-corrected chi connectivity index (χ3v) is 4.80. The number of unbranched alkanes of at least 4 members (excludes halogenated alkanes) is 1. The molecule has 0 radical (unpaired) electrons. The third kappa shape index (κ3) is 2.43. The lowest BCUT2D eigenvalue weighted by Gasteiger charge is -2.12. The number of rotatable bonds is 5. The zero-order chi connectivity index (χ0) is 18.5. The summed E-state index contributed by atoms with van der Waals surface area (Å²) < 4.78 is 6.12. The number of hydrogen-bond donors (Lipinski definition) is 0. The second kappa shape index (κ2) is 6.02. The number of Topliss-reactive ketones (excluding diaryl/α,β-unsaturated/α-hetero) is 1. The van der Waals surface area contributed by atoms with Crippen molar-refractivity contribution in [3.05, 3.63) is 32.7 Å². The molecular formula is C17H23N5O3. The minimum atomic E-state index is -0.815. The Morgan fingerprint density at radius 3 is 2.60 bits per heavy atom. The van der Waals surface area contributed by atoms with Crippen LogP contribution >= 0.6 is 0 Å². The van der Waals surface area contributed by atoms with Crippen LogP contribution in [0.1, 0.15) is 45.3 Å². The number of hydrogen-bond acceptors (Lipinski definition) is 4. The topological polar surface area (TPSA) is 83.3 Å². The van der Waals surface area contributed by atoms with Gasteiger partial charge in [0.05, 0.1) is 6.04 Å². The third-order valence-electron chi connectivity index (χ3n) is 4.80. The van der Waals surface area contributed by atoms with Crippen LogP contribution in [0.5, 0.6) is 0 Å². The molecule has 0 aromatic carbocycles. The normalized spacial score (nSPS) is 13.0. The van der Waals surface area contributed by atoms with Gasteiger partial charge in [0.1, 0.15) is 0 Å². The molecule has 0 aliphatic rings. The van der Waals surface area contributed by atoms with Gasteiger partial charge in [-0.1, -0.05) is 13.3 Å². The van der Waals surface area contributed by atoms with E-state index in [1.54, 1.807) is 18.4 Å². The average molecular weight is 345 g/mol. The number of carbonyl (C=O) groups excluding carboxylic acids is 1. The molecule has 0 amide bonds. The molecule has 8 nitrogen and oxygen atoms in total. The summed E-state index contributed by atoms with van der Waals surface area (Å²) in [6.07, 6.45) is 3.90. The quantitative estimate of drug-likeness (QED) is 0.700. The zero-order valence-corrected chi connectivity index (χ0v) is 15.2. The fourth-order valence-corrected chi connectivity index (χ4v) is 3.14. The van der Waals surface area contributed by atoms with Gasteiger partial charge in [0, 0.05) is 25.5 Å². The van der Waals surface area contributed by atoms with Gasteiger partial charge in [0.2, 0.25) is 5.78 Å². The Labute approximate surface area is 144 Å². The molecule has 3 heterocycles. The van der Waals surface area contributed by atoms with Gasteiger partial charge in [-0.2, -0.15) is 4.98 Å². The van der Waals surface area contributed by atoms with E-state index >= 15 is 0 Å². The van der Waals surface area contributed by atoms with Crippen molar-refractivity contribution >= 4 is 22.7 Å². The summed E-state index contributed by atoms with van der Waals surface area (Å²) in [5, 5.41) is 0. The first-order valence-electron chi connectivity index (χ1n) is 8.49. The molecule has 134 valence electrons. The summed E-state index contributed by atoms with van der Waals surface area (Å²) in [5.41, 5.74) is 0.641. The summed E-state index contributed by atoms with van der Waals surface area (Å²) in [7, 11) is 1.57. The van der Waals surface area contributed by atoms with Crippen LogP contribution in [0.4, 0.5) is 0 Å². The number of aryl methyl sites for hydroxylation is 3. The smallest absolute Gasteiger partial charge is 0.314 e. The predicted octanol–water partition coefficient (Wildman–Crippen LogP) is 1.41. The molecule has 8 heteroatoms. The maximum atomic E-state index is 13.0. The molecule has 25 heavy (non-hydrogen) atoms. The van der Waals surface area contributed by atoms with Crippen molar-refractivity contribution in [1.29, 1.82) is 0 Å². The molecule has 0 spiro atoms. The summed E-state index contributed by atoms with van der Waals surface area (Å²) in [6.45, 7) is 7.82. The largest absolute Gasteiger partial charge is 0.333 e. The Hall–Kier alpha value is -2.64. The lowest BCUT2D eigenvalue weighted by molar-refractivity contribution is -0.119. The van der Waals surface area contributed by atoms with Gasteiger partial charge in [-0.15, -0.1) is 0 Å². The summed E-state index contributed by atoms with van der Waals surface area (Å²) in [6, 6.07) is -0.815. The van der Waals surface area contributed by atoms with Gasteiger partial charge in [-0.05, 0) is 27.2 Å². The minimum absolute atomic E-state index is 0.240. The minimum Gasteiger partial charge on any atom is -0.314 e. The highest BCUT2D eigenvalue weighted by Gasteiger charge is 2.23. The highest BCUT2D eigenvalue weighted by molar-refractivity contribution is 5.80. The predicted molar refractivity (Wildman–Crippen MR) is 95.2 cm³/mol. The summed E-state index contributed by atoms with van der Waals surface area (Å²) >= 11 is 0. The molecule has 1 atom stereocenters. The van der Waals surface area contributed by atoms with Crippen LogP contribution in [0.3, 0.4) is 0 Å². The first-order chi connectivity index (χ1) is 11.8. The van der Waals surface area contributed by atoms with E-state index < -0.39 is 17.3 Å². The van der Waals surface area contributed by atoms with Gasteiger partial charge >= 0.3 is 5.69 Å². The van der Waals surface area contributed by atoms with E-state index in [2.05, 4.69) is 11.9 Å². The van der Waals surface area contributed by atoms with Crippen molar-refractivity contribution in [1.82, 2.24) is 23.1 Å². The van der Waals surface area contributed by atoms with Crippen LogP contribution in [0.2, 0.25) is 0 Å². The van der Waals surface area contributed by atoms with Crippen molar-refractivity contribution < 1.29 is 4.79 Å². The van der Waals surface area contributed by atoms with Crippen LogP contribution < -0.4 is 11.2 Å². The average Bonchev–Trinajstić information content (AvgIpc) is 3.06. The first kappa shape index (κ1) is 17.2. The first-order valence-corrected chi connectivity index (χ1v) is 8.49. The molecule has 3 aromatic heterocycles. The Kier molecular flexibility index (Phi) is 4.14. The van der Waals surface area contributed by atoms with Crippen molar-refractivity contribution in [2.75, 3.05) is 0 Å². The highest BCUT2D eigenvalue weighted by Crippen LogP contribution is 2.17. The van der Waals surface area contributed by atoms with Crippen LogP contribution in [-0.4, -0.2) is 28.9 Å². The summed E-state index contributed by atoms with van der Waals surface area (Å²) in [4.78, 5) is 41.9. The van der Waals surface area contributed by atoms with Crippen molar-refractivity contribution in [2.45, 2.75) is 53.1 Å². The second-order valence-electron chi connectivity index (χ2n) is 6.53. The van der Waals surface area contributed by atoms with Gasteiger partial charge in [-0.3, -0.25) is 18.6 Å².